The molecule has 0 bridgehead atoms. The van der Waals surface area contributed by atoms with Crippen molar-refractivity contribution in [3.8, 4) is 0 Å². The molecule has 0 spiro atoms. The molecule has 100 valence electrons. The summed E-state index contributed by atoms with van der Waals surface area (Å²) in [6.45, 7) is 8.03. The quantitative estimate of drug-likeness (QED) is 0.870. The molecule has 1 saturated heterocycles. The second kappa shape index (κ2) is 6.59. The third-order valence-electron chi connectivity index (χ3n) is 3.31. The van der Waals surface area contributed by atoms with E-state index < -0.39 is 0 Å². The molecule has 4 heteroatoms. The summed E-state index contributed by atoms with van der Waals surface area (Å²) in [5, 5.41) is 3.30. The Balaban J connectivity index is 1.94. The molecule has 0 saturated carbocycles. The van der Waals surface area contributed by atoms with Crippen molar-refractivity contribution in [2.24, 2.45) is 0 Å². The summed E-state index contributed by atoms with van der Waals surface area (Å²) < 4.78 is 5.67. The average molecular weight is 249 g/mol. The van der Waals surface area contributed by atoms with Crippen molar-refractivity contribution >= 4 is 11.4 Å². The van der Waals surface area contributed by atoms with Crippen LogP contribution in [0.25, 0.3) is 0 Å². The van der Waals surface area contributed by atoms with E-state index >= 15 is 0 Å². The van der Waals surface area contributed by atoms with Gasteiger partial charge >= 0.3 is 0 Å². The van der Waals surface area contributed by atoms with Crippen molar-refractivity contribution in [2.45, 2.75) is 32.8 Å². The summed E-state index contributed by atoms with van der Waals surface area (Å²) in [4.78, 5) is 6.69. The molecule has 1 aliphatic rings. The highest BCUT2D eigenvalue weighted by molar-refractivity contribution is 5.55. The second-order valence-corrected chi connectivity index (χ2v) is 4.60. The van der Waals surface area contributed by atoms with Gasteiger partial charge in [0.15, 0.2) is 0 Å². The molecule has 1 aromatic rings. The predicted molar refractivity (Wildman–Crippen MR) is 75.3 cm³/mol. The fraction of sp³-hybridized carbons (Fsp3) is 0.643. The van der Waals surface area contributed by atoms with Crippen LogP contribution in [0.1, 0.15) is 26.7 Å². The van der Waals surface area contributed by atoms with Gasteiger partial charge in [-0.3, -0.25) is 4.98 Å². The van der Waals surface area contributed by atoms with E-state index in [2.05, 4.69) is 35.1 Å². The Labute approximate surface area is 109 Å². The average Bonchev–Trinajstić information content (AvgIpc) is 2.41. The molecule has 0 unspecified atom stereocenters. The minimum Gasteiger partial charge on any atom is -0.384 e. The van der Waals surface area contributed by atoms with Crippen LogP contribution in [0.3, 0.4) is 0 Å². The standard InChI is InChI=1S/C14H23N3O/c1-3-16-12-9-13(11-15-10-12)17-7-5-14(6-8-17)18-4-2/h9-11,14,16H,3-8H2,1-2H3. The molecular weight excluding hydrogens is 226 g/mol. The molecule has 0 aromatic carbocycles. The van der Waals surface area contributed by atoms with Gasteiger partial charge in [0, 0.05) is 26.2 Å². The van der Waals surface area contributed by atoms with Crippen LogP contribution < -0.4 is 10.2 Å². The van der Waals surface area contributed by atoms with Crippen molar-refractivity contribution in [3.63, 3.8) is 0 Å². The molecule has 1 N–H and O–H groups in total. The van der Waals surface area contributed by atoms with Crippen LogP contribution in [-0.4, -0.2) is 37.3 Å². The van der Waals surface area contributed by atoms with Crippen LogP contribution >= 0.6 is 0 Å². The van der Waals surface area contributed by atoms with Gasteiger partial charge in [-0.1, -0.05) is 0 Å². The van der Waals surface area contributed by atoms with E-state index in [0.717, 1.165) is 44.8 Å². The number of anilines is 2. The van der Waals surface area contributed by atoms with Crippen LogP contribution in [0.2, 0.25) is 0 Å². The van der Waals surface area contributed by atoms with Crippen molar-refractivity contribution in [3.05, 3.63) is 18.5 Å². The first kappa shape index (κ1) is 13.1. The number of pyridine rings is 1. The van der Waals surface area contributed by atoms with Gasteiger partial charge in [0.25, 0.3) is 0 Å². The minimum atomic E-state index is 0.441. The third-order valence-corrected chi connectivity index (χ3v) is 3.31. The molecule has 2 rings (SSSR count). The molecular formula is C14H23N3O. The van der Waals surface area contributed by atoms with Gasteiger partial charge in [-0.15, -0.1) is 0 Å². The zero-order valence-corrected chi connectivity index (χ0v) is 11.4. The third kappa shape index (κ3) is 3.35. The van der Waals surface area contributed by atoms with Gasteiger partial charge in [0.1, 0.15) is 0 Å². The summed E-state index contributed by atoms with van der Waals surface area (Å²) >= 11 is 0. The molecule has 0 amide bonds. The van der Waals surface area contributed by atoms with E-state index in [9.17, 15) is 0 Å². The maximum Gasteiger partial charge on any atom is 0.0608 e. The zero-order valence-electron chi connectivity index (χ0n) is 11.4. The maximum atomic E-state index is 5.67. The largest absolute Gasteiger partial charge is 0.384 e. The Morgan fingerprint density at radius 3 is 2.78 bits per heavy atom. The fourth-order valence-corrected chi connectivity index (χ4v) is 2.42. The Kier molecular flexibility index (Phi) is 4.81. The van der Waals surface area contributed by atoms with Crippen molar-refractivity contribution in [1.82, 2.24) is 4.98 Å². The number of hydrogen-bond donors (Lipinski definition) is 1. The maximum absolute atomic E-state index is 5.67. The summed E-state index contributed by atoms with van der Waals surface area (Å²) in [5.74, 6) is 0. The van der Waals surface area contributed by atoms with E-state index in [1.807, 2.05) is 12.4 Å². The molecule has 2 heterocycles. The number of rotatable bonds is 5. The fourth-order valence-electron chi connectivity index (χ4n) is 2.42. The topological polar surface area (TPSA) is 37.4 Å². The van der Waals surface area contributed by atoms with Gasteiger partial charge in [0.05, 0.1) is 29.9 Å². The molecule has 18 heavy (non-hydrogen) atoms. The Hall–Kier alpha value is -1.29. The Morgan fingerprint density at radius 2 is 2.11 bits per heavy atom. The molecule has 0 aliphatic carbocycles. The molecule has 1 fully saturated rings. The zero-order chi connectivity index (χ0) is 12.8. The van der Waals surface area contributed by atoms with Crippen molar-refractivity contribution < 1.29 is 4.74 Å². The number of hydrogen-bond acceptors (Lipinski definition) is 4. The van der Waals surface area contributed by atoms with E-state index in [0.29, 0.717) is 6.10 Å². The van der Waals surface area contributed by atoms with Crippen molar-refractivity contribution in [2.75, 3.05) is 36.5 Å². The lowest BCUT2D eigenvalue weighted by Gasteiger charge is -2.33. The lowest BCUT2D eigenvalue weighted by Crippen LogP contribution is -2.37. The van der Waals surface area contributed by atoms with Gasteiger partial charge in [-0.05, 0) is 32.8 Å². The Morgan fingerprint density at radius 1 is 1.33 bits per heavy atom. The van der Waals surface area contributed by atoms with Gasteiger partial charge in [-0.2, -0.15) is 0 Å². The number of nitrogens with zero attached hydrogens (tertiary/aromatic N) is 2. The van der Waals surface area contributed by atoms with Crippen LogP contribution in [0.5, 0.6) is 0 Å². The molecule has 4 nitrogen and oxygen atoms in total. The lowest BCUT2D eigenvalue weighted by molar-refractivity contribution is 0.0459. The van der Waals surface area contributed by atoms with Gasteiger partial charge < -0.3 is 15.0 Å². The lowest BCUT2D eigenvalue weighted by atomic mass is 10.1. The SMILES string of the molecule is CCNc1cncc(N2CCC(OCC)CC2)c1. The number of nitrogens with one attached hydrogen (secondary N) is 1. The van der Waals surface area contributed by atoms with Crippen molar-refractivity contribution in [1.29, 1.82) is 0 Å². The molecule has 0 radical (unpaired) electrons. The highest BCUT2D eigenvalue weighted by atomic mass is 16.5. The van der Waals surface area contributed by atoms with E-state index in [1.54, 1.807) is 0 Å². The van der Waals surface area contributed by atoms with E-state index in [-0.39, 0.29) is 0 Å². The van der Waals surface area contributed by atoms with Crippen LogP contribution in [0, 0.1) is 0 Å². The summed E-state index contributed by atoms with van der Waals surface area (Å²) in [5.41, 5.74) is 2.31. The first-order valence-electron chi connectivity index (χ1n) is 6.89. The van der Waals surface area contributed by atoms with Gasteiger partial charge in [-0.25, -0.2) is 0 Å². The molecule has 1 aromatic heterocycles. The van der Waals surface area contributed by atoms with E-state index in [1.165, 1.54) is 5.69 Å². The van der Waals surface area contributed by atoms with E-state index in [4.69, 9.17) is 4.74 Å². The van der Waals surface area contributed by atoms with Crippen LogP contribution in [0.4, 0.5) is 11.4 Å². The normalized spacial score (nSPS) is 16.9. The summed E-state index contributed by atoms with van der Waals surface area (Å²) in [7, 11) is 0. The smallest absolute Gasteiger partial charge is 0.0608 e. The highest BCUT2D eigenvalue weighted by Gasteiger charge is 2.19. The first-order valence-corrected chi connectivity index (χ1v) is 6.89. The van der Waals surface area contributed by atoms with Crippen LogP contribution in [-0.2, 0) is 4.74 Å². The second-order valence-electron chi connectivity index (χ2n) is 4.60. The highest BCUT2D eigenvalue weighted by Crippen LogP contribution is 2.22. The Bertz CT molecular complexity index is 362. The molecule has 1 aliphatic heterocycles. The summed E-state index contributed by atoms with van der Waals surface area (Å²) in [6.07, 6.45) is 6.48. The minimum absolute atomic E-state index is 0.441. The van der Waals surface area contributed by atoms with Gasteiger partial charge in [0.2, 0.25) is 0 Å². The summed E-state index contributed by atoms with van der Waals surface area (Å²) in [6, 6.07) is 2.18. The number of aromatic nitrogens is 1. The predicted octanol–water partition coefficient (Wildman–Crippen LogP) is 2.52. The number of piperidine rings is 1. The number of ether oxygens (including phenoxy) is 1. The molecule has 0 atom stereocenters. The van der Waals surface area contributed by atoms with Crippen LogP contribution in [0.15, 0.2) is 18.5 Å². The first-order chi connectivity index (χ1) is 8.83. The monoisotopic (exact) mass is 249 g/mol.